The number of hydrogen-bond donors (Lipinski definition) is 3. The highest BCUT2D eigenvalue weighted by molar-refractivity contribution is 9.10. The maximum absolute atomic E-state index is 14.2. The summed E-state index contributed by atoms with van der Waals surface area (Å²) in [5.41, 5.74) is 0.278. The number of hydrogen-bond acceptors (Lipinski definition) is 7. The third kappa shape index (κ3) is 5.78. The predicted octanol–water partition coefficient (Wildman–Crippen LogP) is 4.27. The average Bonchev–Trinajstić information content (AvgIpc) is 2.75. The molecular formula is C20H20BrFN6O4. The number of ether oxygens (including phenoxy) is 1. The van der Waals surface area contributed by atoms with Crippen molar-refractivity contribution in [3.05, 3.63) is 57.1 Å². The number of nitrogens with zero attached hydrogens (tertiary/aromatic N) is 3. The molecule has 0 aliphatic carbocycles. The Bertz CT molecular complexity index is 1150. The maximum atomic E-state index is 14.2. The lowest BCUT2D eigenvalue weighted by molar-refractivity contribution is -0.385. The summed E-state index contributed by atoms with van der Waals surface area (Å²) in [7, 11) is 0. The Balaban J connectivity index is 1.80. The summed E-state index contributed by atoms with van der Waals surface area (Å²) in [4.78, 5) is 30.7. The van der Waals surface area contributed by atoms with Crippen LogP contribution in [0, 0.1) is 15.9 Å². The van der Waals surface area contributed by atoms with Gasteiger partial charge in [-0.1, -0.05) is 15.9 Å². The summed E-state index contributed by atoms with van der Waals surface area (Å²) in [5.74, 6) is -0.251. The number of benzene rings is 2. The van der Waals surface area contributed by atoms with E-state index in [1.165, 1.54) is 30.6 Å². The van der Waals surface area contributed by atoms with E-state index in [4.69, 9.17) is 4.74 Å². The number of anilines is 2. The molecule has 0 spiro atoms. The molecular weight excluding hydrogens is 487 g/mol. The summed E-state index contributed by atoms with van der Waals surface area (Å²) < 4.78 is 20.4. The largest absolute Gasteiger partial charge is 0.487 e. The van der Waals surface area contributed by atoms with Crippen LogP contribution < -0.4 is 20.7 Å². The molecule has 0 aliphatic rings. The van der Waals surface area contributed by atoms with Crippen LogP contribution in [-0.4, -0.2) is 40.6 Å². The smallest absolute Gasteiger partial charge is 0.314 e. The summed E-state index contributed by atoms with van der Waals surface area (Å²) in [5, 5.41) is 20.1. The Morgan fingerprint density at radius 1 is 1.25 bits per heavy atom. The van der Waals surface area contributed by atoms with Crippen molar-refractivity contribution in [1.82, 2.24) is 20.6 Å². The standard InChI is InChI=1S/C20H20BrFN6O4/c1-2-23-20(29)24-6-3-7-32-18-10-16-13(9-17(18)28(30)31)19(26-11-25-16)27-15-5-4-12(21)8-14(15)22/h4-5,8-11H,2-3,6-7H2,1H3,(H2,23,24,29)(H,25,26,27). The normalized spacial score (nSPS) is 10.6. The number of fused-ring (bicyclic) bond motifs is 1. The lowest BCUT2D eigenvalue weighted by Crippen LogP contribution is -2.36. The molecule has 0 saturated carbocycles. The third-order valence-corrected chi connectivity index (χ3v) is 4.79. The fourth-order valence-electron chi connectivity index (χ4n) is 2.83. The SMILES string of the molecule is CCNC(=O)NCCCOc1cc2ncnc(Nc3ccc(Br)cc3F)c2cc1[N+](=O)[O-]. The molecule has 0 bridgehead atoms. The van der Waals surface area contributed by atoms with Crippen LogP contribution in [0.3, 0.4) is 0 Å². The Morgan fingerprint density at radius 2 is 2.06 bits per heavy atom. The van der Waals surface area contributed by atoms with E-state index >= 15 is 0 Å². The highest BCUT2D eigenvalue weighted by Crippen LogP contribution is 2.35. The van der Waals surface area contributed by atoms with Crippen molar-refractivity contribution in [1.29, 1.82) is 0 Å². The van der Waals surface area contributed by atoms with Gasteiger partial charge in [0.1, 0.15) is 18.0 Å². The zero-order valence-electron chi connectivity index (χ0n) is 17.0. The minimum atomic E-state index is -0.571. The van der Waals surface area contributed by atoms with E-state index in [2.05, 4.69) is 41.8 Å². The zero-order valence-corrected chi connectivity index (χ0v) is 18.6. The average molecular weight is 507 g/mol. The Morgan fingerprint density at radius 3 is 2.78 bits per heavy atom. The molecule has 2 amide bonds. The molecule has 0 aliphatic heterocycles. The van der Waals surface area contributed by atoms with Crippen LogP contribution in [0.15, 0.2) is 41.1 Å². The van der Waals surface area contributed by atoms with Crippen molar-refractivity contribution < 1.29 is 18.8 Å². The van der Waals surface area contributed by atoms with Gasteiger partial charge in [0.05, 0.1) is 28.1 Å². The number of carbonyl (C=O) groups excluding carboxylic acids is 1. The highest BCUT2D eigenvalue weighted by Gasteiger charge is 2.20. The van der Waals surface area contributed by atoms with Crippen LogP contribution in [0.25, 0.3) is 10.9 Å². The van der Waals surface area contributed by atoms with Crippen molar-refractivity contribution in [3.63, 3.8) is 0 Å². The molecule has 12 heteroatoms. The molecule has 0 atom stereocenters. The second-order valence-electron chi connectivity index (χ2n) is 6.55. The second kappa shape index (κ2) is 10.7. The first kappa shape index (κ1) is 23.1. The Hall–Kier alpha value is -3.54. The Labute approximate surface area is 190 Å². The van der Waals surface area contributed by atoms with Crippen LogP contribution >= 0.6 is 15.9 Å². The number of nitro benzene ring substituents is 1. The van der Waals surface area contributed by atoms with Crippen molar-refractivity contribution in [2.24, 2.45) is 0 Å². The molecule has 3 aromatic rings. The topological polar surface area (TPSA) is 131 Å². The predicted molar refractivity (Wildman–Crippen MR) is 121 cm³/mol. The number of nitrogens with one attached hydrogen (secondary N) is 3. The Kier molecular flexibility index (Phi) is 7.71. The minimum Gasteiger partial charge on any atom is -0.487 e. The first-order chi connectivity index (χ1) is 15.4. The van der Waals surface area contributed by atoms with Gasteiger partial charge in [-0.2, -0.15) is 0 Å². The number of aromatic nitrogens is 2. The summed E-state index contributed by atoms with van der Waals surface area (Å²) in [6.45, 7) is 2.82. The molecule has 1 heterocycles. The quantitative estimate of drug-likeness (QED) is 0.224. The van der Waals surface area contributed by atoms with Crippen LogP contribution in [0.1, 0.15) is 13.3 Å². The molecule has 10 nitrogen and oxygen atoms in total. The van der Waals surface area contributed by atoms with Gasteiger partial charge in [-0.3, -0.25) is 10.1 Å². The molecule has 2 aromatic carbocycles. The maximum Gasteiger partial charge on any atom is 0.314 e. The minimum absolute atomic E-state index is 0.0416. The van der Waals surface area contributed by atoms with Gasteiger partial charge in [0.2, 0.25) is 0 Å². The van der Waals surface area contributed by atoms with Gasteiger partial charge in [-0.05, 0) is 31.5 Å². The lowest BCUT2D eigenvalue weighted by Gasteiger charge is -2.12. The third-order valence-electron chi connectivity index (χ3n) is 4.30. The summed E-state index contributed by atoms with van der Waals surface area (Å²) >= 11 is 3.19. The van der Waals surface area contributed by atoms with Crippen LogP contribution in [0.2, 0.25) is 0 Å². The van der Waals surface area contributed by atoms with E-state index in [0.29, 0.717) is 34.9 Å². The number of halogens is 2. The second-order valence-corrected chi connectivity index (χ2v) is 7.47. The molecule has 32 heavy (non-hydrogen) atoms. The van der Waals surface area contributed by atoms with Gasteiger partial charge in [0, 0.05) is 29.7 Å². The van der Waals surface area contributed by atoms with E-state index in [-0.39, 0.29) is 35.6 Å². The van der Waals surface area contributed by atoms with Crippen molar-refractivity contribution in [2.45, 2.75) is 13.3 Å². The number of urea groups is 1. The monoisotopic (exact) mass is 506 g/mol. The lowest BCUT2D eigenvalue weighted by atomic mass is 10.2. The van der Waals surface area contributed by atoms with Crippen LogP contribution in [0.5, 0.6) is 5.75 Å². The molecule has 0 unspecified atom stereocenters. The summed E-state index contributed by atoms with van der Waals surface area (Å²) in [6.07, 6.45) is 1.72. The molecule has 168 valence electrons. The van der Waals surface area contributed by atoms with E-state index < -0.39 is 10.7 Å². The van der Waals surface area contributed by atoms with Crippen LogP contribution in [0.4, 0.5) is 26.4 Å². The van der Waals surface area contributed by atoms with Gasteiger partial charge in [-0.15, -0.1) is 0 Å². The first-order valence-electron chi connectivity index (χ1n) is 9.68. The van der Waals surface area contributed by atoms with E-state index in [0.717, 1.165) is 0 Å². The van der Waals surface area contributed by atoms with E-state index in [1.54, 1.807) is 13.0 Å². The number of rotatable bonds is 9. The molecule has 0 fully saturated rings. The van der Waals surface area contributed by atoms with Gasteiger partial charge in [-0.25, -0.2) is 19.2 Å². The molecule has 0 saturated heterocycles. The fourth-order valence-corrected chi connectivity index (χ4v) is 3.16. The van der Waals surface area contributed by atoms with Crippen LogP contribution in [-0.2, 0) is 0 Å². The van der Waals surface area contributed by atoms with Crippen molar-refractivity contribution >= 4 is 50.1 Å². The molecule has 1 aromatic heterocycles. The van der Waals surface area contributed by atoms with Gasteiger partial charge < -0.3 is 20.7 Å². The van der Waals surface area contributed by atoms with Crippen molar-refractivity contribution in [3.8, 4) is 5.75 Å². The van der Waals surface area contributed by atoms with Gasteiger partial charge in [0.15, 0.2) is 5.75 Å². The van der Waals surface area contributed by atoms with E-state index in [9.17, 15) is 19.3 Å². The number of amides is 2. The van der Waals surface area contributed by atoms with Gasteiger partial charge >= 0.3 is 11.7 Å². The number of carbonyl (C=O) groups is 1. The van der Waals surface area contributed by atoms with Crippen molar-refractivity contribution in [2.75, 3.05) is 25.0 Å². The zero-order chi connectivity index (χ0) is 23.1. The number of nitro groups is 1. The van der Waals surface area contributed by atoms with E-state index in [1.807, 2.05) is 0 Å². The molecule has 3 rings (SSSR count). The summed E-state index contributed by atoms with van der Waals surface area (Å²) in [6, 6.07) is 6.91. The molecule has 3 N–H and O–H groups in total. The fraction of sp³-hybridized carbons (Fsp3) is 0.250. The van der Waals surface area contributed by atoms with Gasteiger partial charge in [0.25, 0.3) is 0 Å². The highest BCUT2D eigenvalue weighted by atomic mass is 79.9. The molecule has 0 radical (unpaired) electrons. The first-order valence-corrected chi connectivity index (χ1v) is 10.5.